The minimum atomic E-state index is -0.719. The van der Waals surface area contributed by atoms with E-state index < -0.39 is 11.8 Å². The Kier molecular flexibility index (Phi) is 5.77. The van der Waals surface area contributed by atoms with Crippen LogP contribution in [0.1, 0.15) is 43.0 Å². The molecule has 1 atom stereocenters. The second kappa shape index (κ2) is 7.58. The van der Waals surface area contributed by atoms with Gasteiger partial charge in [-0.3, -0.25) is 4.79 Å². The third-order valence-corrected chi connectivity index (χ3v) is 4.21. The smallest absolute Gasteiger partial charge is 0.340 e. The summed E-state index contributed by atoms with van der Waals surface area (Å²) in [5.41, 5.74) is 0.0570. The Balaban J connectivity index is 1.94. The molecule has 120 valence electrons. The highest BCUT2D eigenvalue weighted by atomic mass is 35.5. The zero-order valence-electron chi connectivity index (χ0n) is 12.5. The van der Waals surface area contributed by atoms with E-state index in [4.69, 9.17) is 16.3 Å². The van der Waals surface area contributed by atoms with Gasteiger partial charge < -0.3 is 9.64 Å². The van der Waals surface area contributed by atoms with Crippen LogP contribution >= 0.6 is 11.6 Å². The number of halogens is 2. The molecule has 1 heterocycles. The molecule has 0 aliphatic carbocycles. The van der Waals surface area contributed by atoms with E-state index in [0.717, 1.165) is 37.8 Å². The van der Waals surface area contributed by atoms with Gasteiger partial charge in [-0.15, -0.1) is 0 Å². The summed E-state index contributed by atoms with van der Waals surface area (Å²) >= 11 is 5.80. The van der Waals surface area contributed by atoms with E-state index in [-0.39, 0.29) is 29.1 Å². The van der Waals surface area contributed by atoms with Crippen LogP contribution in [-0.4, -0.2) is 36.0 Å². The fourth-order valence-electron chi connectivity index (χ4n) is 2.70. The summed E-state index contributed by atoms with van der Waals surface area (Å²) in [6.07, 6.45) is 3.97. The van der Waals surface area contributed by atoms with Crippen molar-refractivity contribution in [3.8, 4) is 0 Å². The molecule has 1 unspecified atom stereocenters. The first-order chi connectivity index (χ1) is 10.5. The van der Waals surface area contributed by atoms with Crippen LogP contribution in [0.4, 0.5) is 4.39 Å². The van der Waals surface area contributed by atoms with Crippen molar-refractivity contribution in [2.75, 3.05) is 13.2 Å². The van der Waals surface area contributed by atoms with Crippen LogP contribution in [0.15, 0.2) is 18.2 Å². The van der Waals surface area contributed by atoms with Crippen molar-refractivity contribution in [2.24, 2.45) is 0 Å². The quantitative estimate of drug-likeness (QED) is 0.796. The normalized spacial score (nSPS) is 18.1. The summed E-state index contributed by atoms with van der Waals surface area (Å²) in [5, 5.41) is -0.0261. The van der Waals surface area contributed by atoms with Crippen LogP contribution in [0.3, 0.4) is 0 Å². The molecule has 0 aromatic heterocycles. The fourth-order valence-corrected chi connectivity index (χ4v) is 2.94. The molecule has 0 spiro atoms. The number of nitrogens with zero attached hydrogens (tertiary/aromatic N) is 1. The van der Waals surface area contributed by atoms with Crippen LogP contribution in [0.5, 0.6) is 0 Å². The van der Waals surface area contributed by atoms with Crippen molar-refractivity contribution in [1.82, 2.24) is 4.90 Å². The summed E-state index contributed by atoms with van der Waals surface area (Å²) in [6, 6.07) is 3.63. The van der Waals surface area contributed by atoms with E-state index in [1.807, 2.05) is 6.92 Å². The minimum Gasteiger partial charge on any atom is -0.452 e. The lowest BCUT2D eigenvalue weighted by atomic mass is 10.00. The monoisotopic (exact) mass is 327 g/mol. The Labute approximate surface area is 134 Å². The fraction of sp³-hybridized carbons (Fsp3) is 0.500. The lowest BCUT2D eigenvalue weighted by Gasteiger charge is -2.35. The molecule has 22 heavy (non-hydrogen) atoms. The number of piperidine rings is 1. The molecule has 2 rings (SSSR count). The maximum absolute atomic E-state index is 13.0. The predicted molar refractivity (Wildman–Crippen MR) is 81.3 cm³/mol. The molecule has 6 heteroatoms. The highest BCUT2D eigenvalue weighted by Crippen LogP contribution is 2.20. The maximum atomic E-state index is 13.0. The average molecular weight is 328 g/mol. The van der Waals surface area contributed by atoms with Gasteiger partial charge in [0.25, 0.3) is 5.91 Å². The van der Waals surface area contributed by atoms with E-state index in [2.05, 4.69) is 0 Å². The summed E-state index contributed by atoms with van der Waals surface area (Å²) in [6.45, 7) is 2.43. The summed E-state index contributed by atoms with van der Waals surface area (Å²) in [4.78, 5) is 25.9. The number of benzene rings is 1. The molecular weight excluding hydrogens is 309 g/mol. The highest BCUT2D eigenvalue weighted by molar-refractivity contribution is 6.33. The largest absolute Gasteiger partial charge is 0.452 e. The van der Waals surface area contributed by atoms with E-state index >= 15 is 0 Å². The Hall–Kier alpha value is -1.62. The first-order valence-corrected chi connectivity index (χ1v) is 7.82. The van der Waals surface area contributed by atoms with Gasteiger partial charge in [0.05, 0.1) is 10.6 Å². The summed E-state index contributed by atoms with van der Waals surface area (Å²) in [5.74, 6) is -1.45. The molecule has 1 aromatic rings. The van der Waals surface area contributed by atoms with Crippen molar-refractivity contribution in [2.45, 2.75) is 38.6 Å². The molecule has 1 saturated heterocycles. The summed E-state index contributed by atoms with van der Waals surface area (Å²) < 4.78 is 18.0. The first kappa shape index (κ1) is 16.7. The average Bonchev–Trinajstić information content (AvgIpc) is 2.52. The lowest BCUT2D eigenvalue weighted by Crippen LogP contribution is -2.45. The number of rotatable bonds is 4. The predicted octanol–water partition coefficient (Wildman–Crippen LogP) is 3.43. The Bertz CT molecular complexity index is 564. The molecule has 1 aliphatic rings. The Morgan fingerprint density at radius 2 is 2.18 bits per heavy atom. The van der Waals surface area contributed by atoms with Crippen LogP contribution in [0.25, 0.3) is 0 Å². The topological polar surface area (TPSA) is 46.6 Å². The zero-order valence-corrected chi connectivity index (χ0v) is 13.2. The standard InChI is InChI=1S/C16H19ClFNO3/c1-2-12-5-3-4-8-19(12)15(20)10-22-16(21)13-7-6-11(18)9-14(13)17/h6-7,9,12H,2-5,8,10H2,1H3. The van der Waals surface area contributed by atoms with Crippen molar-refractivity contribution < 1.29 is 18.7 Å². The maximum Gasteiger partial charge on any atom is 0.340 e. The SMILES string of the molecule is CCC1CCCCN1C(=O)COC(=O)c1ccc(F)cc1Cl. The van der Waals surface area contributed by atoms with Crippen molar-refractivity contribution in [1.29, 1.82) is 0 Å². The van der Waals surface area contributed by atoms with Crippen LogP contribution < -0.4 is 0 Å². The second-order valence-electron chi connectivity index (χ2n) is 5.35. The number of amides is 1. The van der Waals surface area contributed by atoms with Gasteiger partial charge in [0.1, 0.15) is 5.82 Å². The van der Waals surface area contributed by atoms with Crippen molar-refractivity contribution in [3.63, 3.8) is 0 Å². The Morgan fingerprint density at radius 1 is 1.41 bits per heavy atom. The number of carbonyl (C=O) groups is 2. The van der Waals surface area contributed by atoms with Gasteiger partial charge >= 0.3 is 5.97 Å². The van der Waals surface area contributed by atoms with Crippen LogP contribution in [0, 0.1) is 5.82 Å². The van der Waals surface area contributed by atoms with Gasteiger partial charge in [-0.05, 0) is 43.9 Å². The number of carbonyl (C=O) groups excluding carboxylic acids is 2. The summed E-state index contributed by atoms with van der Waals surface area (Å²) in [7, 11) is 0. The third kappa shape index (κ3) is 3.97. The number of likely N-dealkylation sites (tertiary alicyclic amines) is 1. The molecule has 0 bridgehead atoms. The lowest BCUT2D eigenvalue weighted by molar-refractivity contribution is -0.138. The number of hydrogen-bond acceptors (Lipinski definition) is 3. The molecule has 0 N–H and O–H groups in total. The second-order valence-corrected chi connectivity index (χ2v) is 5.75. The molecule has 0 saturated carbocycles. The number of hydrogen-bond donors (Lipinski definition) is 0. The first-order valence-electron chi connectivity index (χ1n) is 7.44. The van der Waals surface area contributed by atoms with Gasteiger partial charge in [0, 0.05) is 12.6 Å². The Morgan fingerprint density at radius 3 is 2.86 bits per heavy atom. The highest BCUT2D eigenvalue weighted by Gasteiger charge is 2.26. The van der Waals surface area contributed by atoms with Gasteiger partial charge in [0.2, 0.25) is 0 Å². The van der Waals surface area contributed by atoms with Crippen LogP contribution in [-0.2, 0) is 9.53 Å². The van der Waals surface area contributed by atoms with Crippen molar-refractivity contribution in [3.05, 3.63) is 34.6 Å². The number of ether oxygens (including phenoxy) is 1. The van der Waals surface area contributed by atoms with E-state index in [0.29, 0.717) is 6.54 Å². The van der Waals surface area contributed by atoms with Crippen molar-refractivity contribution >= 4 is 23.5 Å². The van der Waals surface area contributed by atoms with Crippen LogP contribution in [0.2, 0.25) is 5.02 Å². The molecule has 4 nitrogen and oxygen atoms in total. The third-order valence-electron chi connectivity index (χ3n) is 3.90. The molecule has 1 aromatic carbocycles. The molecule has 1 fully saturated rings. The van der Waals surface area contributed by atoms with E-state index in [1.54, 1.807) is 4.90 Å². The number of esters is 1. The van der Waals surface area contributed by atoms with E-state index in [1.165, 1.54) is 6.07 Å². The zero-order chi connectivity index (χ0) is 16.1. The van der Waals surface area contributed by atoms with Gasteiger partial charge in [0.15, 0.2) is 6.61 Å². The van der Waals surface area contributed by atoms with E-state index in [9.17, 15) is 14.0 Å². The van der Waals surface area contributed by atoms with Gasteiger partial charge in [-0.2, -0.15) is 0 Å². The minimum absolute atomic E-state index is 0.0261. The molecule has 1 aliphatic heterocycles. The molecular formula is C16H19ClFNO3. The molecule has 1 amide bonds. The van der Waals surface area contributed by atoms with Gasteiger partial charge in [-0.25, -0.2) is 9.18 Å². The molecule has 0 radical (unpaired) electrons. The van der Waals surface area contributed by atoms with Gasteiger partial charge in [-0.1, -0.05) is 18.5 Å².